The van der Waals surface area contributed by atoms with Gasteiger partial charge in [0.15, 0.2) is 0 Å². The SMILES string of the molecule is Cc1ccc(S(=O)(=O)Nc2ccc(F)c(NC(=O)C3CCCCC3)c2)s1. The topological polar surface area (TPSA) is 75.3 Å². The molecule has 1 saturated carbocycles. The standard InChI is InChI=1S/C18H21FN2O3S2/c1-12-7-10-17(25-12)26(23,24)21-14-8-9-15(19)16(11-14)20-18(22)13-5-3-2-4-6-13/h7-11,13,21H,2-6H2,1H3,(H,20,22). The van der Waals surface area contributed by atoms with Crippen molar-refractivity contribution in [2.75, 3.05) is 10.0 Å². The fourth-order valence-corrected chi connectivity index (χ4v) is 5.38. The Labute approximate surface area is 156 Å². The molecule has 1 aliphatic rings. The van der Waals surface area contributed by atoms with Gasteiger partial charge in [-0.2, -0.15) is 0 Å². The Morgan fingerprint density at radius 3 is 2.54 bits per heavy atom. The van der Waals surface area contributed by atoms with Crippen LogP contribution in [-0.2, 0) is 14.8 Å². The molecule has 1 heterocycles. The second-order valence-corrected chi connectivity index (χ2v) is 9.69. The lowest BCUT2D eigenvalue weighted by Gasteiger charge is -2.21. The normalized spacial score (nSPS) is 15.6. The zero-order valence-electron chi connectivity index (χ0n) is 14.4. The quantitative estimate of drug-likeness (QED) is 0.780. The minimum atomic E-state index is -3.74. The van der Waals surface area contributed by atoms with Crippen LogP contribution in [-0.4, -0.2) is 14.3 Å². The van der Waals surface area contributed by atoms with Crippen molar-refractivity contribution in [1.82, 2.24) is 0 Å². The summed E-state index contributed by atoms with van der Waals surface area (Å²) in [5.74, 6) is -0.917. The van der Waals surface area contributed by atoms with Gasteiger partial charge in [-0.3, -0.25) is 9.52 Å². The van der Waals surface area contributed by atoms with Gasteiger partial charge in [-0.15, -0.1) is 11.3 Å². The molecule has 1 fully saturated rings. The van der Waals surface area contributed by atoms with Crippen molar-refractivity contribution >= 4 is 38.6 Å². The smallest absolute Gasteiger partial charge is 0.271 e. The number of rotatable bonds is 5. The number of sulfonamides is 1. The fourth-order valence-electron chi connectivity index (χ4n) is 3.05. The van der Waals surface area contributed by atoms with E-state index in [1.807, 2.05) is 6.92 Å². The lowest BCUT2D eigenvalue weighted by Crippen LogP contribution is -2.25. The van der Waals surface area contributed by atoms with E-state index in [1.165, 1.54) is 18.2 Å². The maximum absolute atomic E-state index is 14.1. The Morgan fingerprint density at radius 1 is 1.15 bits per heavy atom. The van der Waals surface area contributed by atoms with Gasteiger partial charge in [-0.1, -0.05) is 19.3 Å². The average molecular weight is 397 g/mol. The Balaban J connectivity index is 1.76. The van der Waals surface area contributed by atoms with E-state index in [2.05, 4.69) is 10.0 Å². The van der Waals surface area contributed by atoms with Gasteiger partial charge in [0.25, 0.3) is 10.0 Å². The minimum Gasteiger partial charge on any atom is -0.323 e. The molecule has 1 aromatic carbocycles. The molecule has 0 saturated heterocycles. The summed E-state index contributed by atoms with van der Waals surface area (Å²) in [4.78, 5) is 13.2. The van der Waals surface area contributed by atoms with Crippen LogP contribution in [0.1, 0.15) is 37.0 Å². The summed E-state index contributed by atoms with van der Waals surface area (Å²) in [6, 6.07) is 7.04. The molecule has 0 aliphatic heterocycles. The molecule has 0 atom stereocenters. The van der Waals surface area contributed by atoms with Gasteiger partial charge in [0.2, 0.25) is 5.91 Å². The van der Waals surface area contributed by atoms with Crippen LogP contribution in [0.2, 0.25) is 0 Å². The zero-order valence-corrected chi connectivity index (χ0v) is 16.1. The van der Waals surface area contributed by atoms with Crippen LogP contribution in [0.3, 0.4) is 0 Å². The number of halogens is 1. The highest BCUT2D eigenvalue weighted by Crippen LogP contribution is 2.28. The van der Waals surface area contributed by atoms with Crippen LogP contribution in [0.5, 0.6) is 0 Å². The lowest BCUT2D eigenvalue weighted by atomic mass is 9.88. The molecular weight excluding hydrogens is 375 g/mol. The molecule has 3 rings (SSSR count). The number of hydrogen-bond donors (Lipinski definition) is 2. The average Bonchev–Trinajstić information content (AvgIpc) is 3.06. The van der Waals surface area contributed by atoms with Gasteiger partial charge in [0.1, 0.15) is 10.0 Å². The molecule has 0 radical (unpaired) electrons. The molecule has 0 unspecified atom stereocenters. The molecule has 0 bridgehead atoms. The first-order valence-corrected chi connectivity index (χ1v) is 10.8. The number of hydrogen-bond acceptors (Lipinski definition) is 4. The van der Waals surface area contributed by atoms with Crippen LogP contribution < -0.4 is 10.0 Å². The van der Waals surface area contributed by atoms with Crippen LogP contribution in [0.15, 0.2) is 34.5 Å². The van der Waals surface area contributed by atoms with E-state index in [-0.39, 0.29) is 27.4 Å². The summed E-state index contributed by atoms with van der Waals surface area (Å²) in [6.45, 7) is 1.82. The number of thiophene rings is 1. The number of carbonyl (C=O) groups excluding carboxylic acids is 1. The Hall–Kier alpha value is -1.93. The van der Waals surface area contributed by atoms with Crippen molar-refractivity contribution < 1.29 is 17.6 Å². The van der Waals surface area contributed by atoms with Gasteiger partial charge in [0, 0.05) is 10.8 Å². The predicted molar refractivity (Wildman–Crippen MR) is 101 cm³/mol. The van der Waals surface area contributed by atoms with Crippen molar-refractivity contribution in [2.45, 2.75) is 43.2 Å². The van der Waals surface area contributed by atoms with Crippen molar-refractivity contribution in [3.8, 4) is 0 Å². The van der Waals surface area contributed by atoms with Crippen molar-refractivity contribution in [3.63, 3.8) is 0 Å². The van der Waals surface area contributed by atoms with Crippen molar-refractivity contribution in [1.29, 1.82) is 0 Å². The molecule has 2 aromatic rings. The van der Waals surface area contributed by atoms with Crippen LogP contribution in [0.4, 0.5) is 15.8 Å². The van der Waals surface area contributed by atoms with E-state index >= 15 is 0 Å². The third-order valence-corrected chi connectivity index (χ3v) is 7.31. The second kappa shape index (κ2) is 7.75. The number of benzene rings is 1. The van der Waals surface area contributed by atoms with E-state index < -0.39 is 15.8 Å². The van der Waals surface area contributed by atoms with Gasteiger partial charge >= 0.3 is 0 Å². The van der Waals surface area contributed by atoms with Crippen LogP contribution in [0, 0.1) is 18.7 Å². The summed E-state index contributed by atoms with van der Waals surface area (Å²) in [5.41, 5.74) is 0.194. The zero-order chi connectivity index (χ0) is 18.7. The van der Waals surface area contributed by atoms with Crippen molar-refractivity contribution in [3.05, 3.63) is 41.0 Å². The molecule has 5 nitrogen and oxygen atoms in total. The highest BCUT2D eigenvalue weighted by atomic mass is 32.2. The highest BCUT2D eigenvalue weighted by Gasteiger charge is 2.22. The predicted octanol–water partition coefficient (Wildman–Crippen LogP) is 4.52. The van der Waals surface area contributed by atoms with Crippen LogP contribution >= 0.6 is 11.3 Å². The van der Waals surface area contributed by atoms with E-state index in [0.29, 0.717) is 0 Å². The number of carbonyl (C=O) groups is 1. The first-order valence-electron chi connectivity index (χ1n) is 8.55. The molecule has 8 heteroatoms. The molecule has 26 heavy (non-hydrogen) atoms. The summed E-state index contributed by atoms with van der Waals surface area (Å²) in [5, 5.41) is 2.60. The third-order valence-electron chi connectivity index (χ3n) is 4.43. The fraction of sp³-hybridized carbons (Fsp3) is 0.389. The molecule has 1 aromatic heterocycles. The van der Waals surface area contributed by atoms with E-state index in [1.54, 1.807) is 6.07 Å². The van der Waals surface area contributed by atoms with Gasteiger partial charge < -0.3 is 5.32 Å². The maximum Gasteiger partial charge on any atom is 0.271 e. The van der Waals surface area contributed by atoms with E-state index in [4.69, 9.17) is 0 Å². The minimum absolute atomic E-state index is 0.0110. The second-order valence-electron chi connectivity index (χ2n) is 6.49. The number of aryl methyl sites for hydroxylation is 1. The Bertz CT molecular complexity index is 903. The van der Waals surface area contributed by atoms with Gasteiger partial charge in [-0.05, 0) is 50.1 Å². The molecular formula is C18H21FN2O3S2. The molecule has 1 amide bonds. The highest BCUT2D eigenvalue weighted by molar-refractivity contribution is 7.94. The van der Waals surface area contributed by atoms with E-state index in [0.717, 1.165) is 54.4 Å². The summed E-state index contributed by atoms with van der Waals surface area (Å²) < 4.78 is 41.5. The summed E-state index contributed by atoms with van der Waals surface area (Å²) in [6.07, 6.45) is 4.73. The molecule has 2 N–H and O–H groups in total. The first kappa shape index (κ1) is 18.8. The number of nitrogens with one attached hydrogen (secondary N) is 2. The summed E-state index contributed by atoms with van der Waals surface area (Å²) >= 11 is 1.16. The van der Waals surface area contributed by atoms with Gasteiger partial charge in [-0.25, -0.2) is 12.8 Å². The van der Waals surface area contributed by atoms with Crippen LogP contribution in [0.25, 0.3) is 0 Å². The first-order chi connectivity index (χ1) is 12.3. The van der Waals surface area contributed by atoms with Gasteiger partial charge in [0.05, 0.1) is 11.4 Å². The molecule has 1 aliphatic carbocycles. The largest absolute Gasteiger partial charge is 0.323 e. The molecule has 0 spiro atoms. The summed E-state index contributed by atoms with van der Waals surface area (Å²) in [7, 11) is -3.74. The van der Waals surface area contributed by atoms with E-state index in [9.17, 15) is 17.6 Å². The number of amides is 1. The van der Waals surface area contributed by atoms with Crippen molar-refractivity contribution in [2.24, 2.45) is 5.92 Å². The Kier molecular flexibility index (Phi) is 5.62. The molecule has 140 valence electrons. The lowest BCUT2D eigenvalue weighted by molar-refractivity contribution is -0.120. The Morgan fingerprint density at radius 2 is 1.88 bits per heavy atom. The number of anilines is 2. The third kappa shape index (κ3) is 4.42. The maximum atomic E-state index is 14.1. The monoisotopic (exact) mass is 396 g/mol.